The van der Waals surface area contributed by atoms with Gasteiger partial charge in [-0.15, -0.1) is 11.6 Å². The monoisotopic (exact) mass is 1040 g/mol. The van der Waals surface area contributed by atoms with Crippen LogP contribution in [-0.2, 0) is 44.0 Å². The normalized spacial score (nSPS) is 20.1. The third kappa shape index (κ3) is 8.73. The van der Waals surface area contributed by atoms with Gasteiger partial charge in [0.2, 0.25) is 34.3 Å². The molecule has 0 unspecified atom stereocenters. The Balaban J connectivity index is 0.000000187. The van der Waals surface area contributed by atoms with E-state index >= 15 is 0 Å². The molecule has 69 heavy (non-hydrogen) atoms. The lowest BCUT2D eigenvalue weighted by Crippen LogP contribution is -2.37. The summed E-state index contributed by atoms with van der Waals surface area (Å²) in [4.78, 5) is 30.2. The van der Waals surface area contributed by atoms with Crippen molar-refractivity contribution in [2.75, 3.05) is 83.4 Å². The van der Waals surface area contributed by atoms with E-state index in [1.165, 1.54) is 28.4 Å². The number of rotatable bonds is 10. The average molecular weight is 1040 g/mol. The van der Waals surface area contributed by atoms with Crippen LogP contribution < -0.4 is 47.4 Å². The van der Waals surface area contributed by atoms with Crippen molar-refractivity contribution in [3.63, 3.8) is 0 Å². The summed E-state index contributed by atoms with van der Waals surface area (Å²) in [6, 6.07) is 6.58. The number of carbonyl (C=O) groups is 2. The van der Waals surface area contributed by atoms with Crippen LogP contribution in [0.3, 0.4) is 0 Å². The predicted octanol–water partition coefficient (Wildman–Crippen LogP) is 7.49. The Labute approximate surface area is 415 Å². The molecule has 0 spiro atoms. The molecular formula is C47H52Cl3N2O16S-. The van der Waals surface area contributed by atoms with Crippen LogP contribution in [0.25, 0.3) is 0 Å². The van der Waals surface area contributed by atoms with Gasteiger partial charge in [0.05, 0.1) is 67.2 Å². The molecule has 6 aliphatic heterocycles. The van der Waals surface area contributed by atoms with Gasteiger partial charge in [-0.05, 0) is 50.2 Å². The number of cyclic esters (lactones) is 2. The van der Waals surface area contributed by atoms with Crippen molar-refractivity contribution in [2.24, 2.45) is 0 Å². The second-order valence-electron chi connectivity index (χ2n) is 15.9. The molecule has 0 amide bonds. The maximum absolute atomic E-state index is 13.0. The molecule has 4 atom stereocenters. The van der Waals surface area contributed by atoms with Crippen LogP contribution in [0.1, 0.15) is 89.5 Å². The molecule has 0 saturated carbocycles. The van der Waals surface area contributed by atoms with E-state index in [0.717, 1.165) is 46.3 Å². The second-order valence-corrected chi connectivity index (χ2v) is 18.7. The largest absolute Gasteiger partial charge is 0.493 e. The lowest BCUT2D eigenvalue weighted by atomic mass is 9.83. The minimum atomic E-state index is -1.67. The molecule has 374 valence electrons. The highest BCUT2D eigenvalue weighted by Gasteiger charge is 2.49. The van der Waals surface area contributed by atoms with Crippen LogP contribution in [0.5, 0.6) is 57.5 Å². The van der Waals surface area contributed by atoms with Crippen molar-refractivity contribution in [1.82, 2.24) is 9.80 Å². The highest BCUT2D eigenvalue weighted by molar-refractivity contribution is 8.26. The average Bonchev–Trinajstić information content (AvgIpc) is 4.16. The van der Waals surface area contributed by atoms with Gasteiger partial charge < -0.3 is 69.4 Å². The first-order valence-corrected chi connectivity index (χ1v) is 24.4. The molecule has 0 aromatic heterocycles. The van der Waals surface area contributed by atoms with Crippen molar-refractivity contribution in [1.29, 1.82) is 0 Å². The van der Waals surface area contributed by atoms with Gasteiger partial charge in [-0.3, -0.25) is 9.80 Å². The number of aliphatic hydroxyl groups is 1. The molecule has 0 bridgehead atoms. The molecule has 0 fully saturated rings. The number of likely N-dealkylation sites (N-methyl/N-ethyl adjacent to an activating group) is 2. The maximum atomic E-state index is 13.0. The first kappa shape index (κ1) is 51.6. The summed E-state index contributed by atoms with van der Waals surface area (Å²) in [7, 11) is 20.6. The fraction of sp³-hybridized carbons (Fsp3) is 0.426. The summed E-state index contributed by atoms with van der Waals surface area (Å²) in [5.41, 5.74) is 7.49. The van der Waals surface area contributed by atoms with Crippen LogP contribution in [0.2, 0.25) is 0 Å². The van der Waals surface area contributed by atoms with E-state index in [9.17, 15) is 14.7 Å². The number of halogens is 3. The number of methoxy groups -OCH3 is 6. The summed E-state index contributed by atoms with van der Waals surface area (Å²) in [6.45, 7) is 1.42. The Bertz CT molecular complexity index is 2490. The van der Waals surface area contributed by atoms with Crippen molar-refractivity contribution >= 4 is 54.1 Å². The van der Waals surface area contributed by atoms with E-state index in [1.54, 1.807) is 26.4 Å². The van der Waals surface area contributed by atoms with E-state index < -0.39 is 33.4 Å². The Hall–Kier alpha value is -5.28. The van der Waals surface area contributed by atoms with Gasteiger partial charge >= 0.3 is 11.9 Å². The number of hydrogen-bond acceptors (Lipinski definition) is 18. The van der Waals surface area contributed by atoms with Gasteiger partial charge in [0, 0.05) is 67.8 Å². The fourth-order valence-electron chi connectivity index (χ4n) is 10.2. The third-order valence-electron chi connectivity index (χ3n) is 12.9. The Morgan fingerprint density at radius 2 is 1.00 bits per heavy atom. The predicted molar refractivity (Wildman–Crippen MR) is 254 cm³/mol. The minimum absolute atomic E-state index is 0. The molecule has 0 aliphatic carbocycles. The molecule has 1 N–H and O–H groups in total. The standard InChI is InChI=1S/C23H24ClNO7.C23H25NO8.CH3.Cl2OS/c1-25-8-7-11-13(9-24)19-22(31-10-30-19)21(29-4)15(11)17(25)18-12-5-6-14(27-2)20(28-3)16(12)23(26)32-18;1-24-8-7-11-13(9-25)19-22(31-10-30-19)21(29-4)15(11)17(24)18-12-5-6-14(27-2)20(28-3)16(12)23(26)32-18;;1-4(2)3/h5-6,17-18H,7-10H2,1-4H3;5-6,17-18,25H,7-10H2,1-4H3;1H3;/q;;-1;/t2*17-,18+;;/m11../s1. The number of fused-ring (bicyclic) bond motifs is 6. The van der Waals surface area contributed by atoms with Crippen molar-refractivity contribution in [3.8, 4) is 57.5 Å². The Kier molecular flexibility index (Phi) is 16.0. The zero-order valence-corrected chi connectivity index (χ0v) is 42.4. The first-order valence-electron chi connectivity index (χ1n) is 21.1. The third-order valence-corrected chi connectivity index (χ3v) is 13.2. The van der Waals surface area contributed by atoms with Crippen LogP contribution >= 0.6 is 33.0 Å². The Morgan fingerprint density at radius 3 is 1.36 bits per heavy atom. The first-order chi connectivity index (χ1) is 32.8. The molecule has 10 rings (SSSR count). The smallest absolute Gasteiger partial charge is 0.343 e. The number of nitrogens with zero attached hydrogens (tertiary/aromatic N) is 2. The topological polar surface area (TPSA) is 189 Å². The molecule has 4 aromatic rings. The molecule has 0 radical (unpaired) electrons. The molecular weight excluding hydrogens is 987 g/mol. The number of aliphatic hydroxyl groups excluding tert-OH is 1. The number of alkyl halides is 1. The molecule has 18 nitrogen and oxygen atoms in total. The summed E-state index contributed by atoms with van der Waals surface area (Å²) in [5.74, 6) is 4.30. The second kappa shape index (κ2) is 21.4. The van der Waals surface area contributed by atoms with Gasteiger partial charge in [0.1, 0.15) is 23.3 Å². The molecule has 6 heterocycles. The van der Waals surface area contributed by atoms with E-state index in [1.807, 2.05) is 26.2 Å². The van der Waals surface area contributed by atoms with Gasteiger partial charge in [-0.25, -0.2) is 13.8 Å². The van der Waals surface area contributed by atoms with Crippen LogP contribution in [-0.4, -0.2) is 114 Å². The van der Waals surface area contributed by atoms with Crippen molar-refractivity contribution in [3.05, 3.63) is 87.3 Å². The SMILES string of the molecule is COc1ccc2c(c1OC)C(=O)O[C@@H]2[C@H]1c2c(c(CCl)c3c(c2OC)OCO3)CCN1C.COc1ccc2c(c1OC)C(=O)O[C@@H]2[C@H]1c2c(c(CO)c3c(c2OC)OCO3)CCN1C.O=S(Cl)Cl.[CH3-]. The van der Waals surface area contributed by atoms with Gasteiger partial charge in [-0.1, -0.05) is 12.1 Å². The van der Waals surface area contributed by atoms with E-state index in [0.29, 0.717) is 92.7 Å². The molecule has 6 aliphatic rings. The molecule has 22 heteroatoms. The van der Waals surface area contributed by atoms with Crippen molar-refractivity contribution in [2.45, 2.75) is 49.6 Å². The van der Waals surface area contributed by atoms with E-state index in [-0.39, 0.29) is 45.6 Å². The highest BCUT2D eigenvalue weighted by Crippen LogP contribution is 2.59. The lowest BCUT2D eigenvalue weighted by Gasteiger charge is -2.39. The lowest BCUT2D eigenvalue weighted by molar-refractivity contribution is 0.00798. The summed E-state index contributed by atoms with van der Waals surface area (Å²) >= 11 is 6.36. The highest BCUT2D eigenvalue weighted by atomic mass is 36.0. The quantitative estimate of drug-likeness (QED) is 0.0711. The molecule has 4 aromatic carbocycles. The number of benzene rings is 4. The van der Waals surface area contributed by atoms with E-state index in [4.69, 9.17) is 72.7 Å². The van der Waals surface area contributed by atoms with Gasteiger partial charge in [0.25, 0.3) is 0 Å². The maximum Gasteiger partial charge on any atom is 0.343 e. The molecule has 0 saturated heterocycles. The fourth-order valence-corrected chi connectivity index (χ4v) is 10.4. The van der Waals surface area contributed by atoms with Crippen LogP contribution in [0.4, 0.5) is 0 Å². The van der Waals surface area contributed by atoms with E-state index in [2.05, 4.69) is 31.2 Å². The number of ether oxygens (including phenoxy) is 12. The zero-order chi connectivity index (χ0) is 48.7. The van der Waals surface area contributed by atoms with Crippen LogP contribution in [0.15, 0.2) is 24.3 Å². The van der Waals surface area contributed by atoms with Crippen LogP contribution in [0, 0.1) is 7.43 Å². The van der Waals surface area contributed by atoms with Gasteiger partial charge in [-0.2, -0.15) is 0 Å². The van der Waals surface area contributed by atoms with Gasteiger partial charge in [0.15, 0.2) is 46.0 Å². The zero-order valence-electron chi connectivity index (χ0n) is 39.3. The summed E-state index contributed by atoms with van der Waals surface area (Å²) in [5, 5.41) is 10.2. The van der Waals surface area contributed by atoms with Crippen molar-refractivity contribution < 1.29 is 75.7 Å². The Morgan fingerprint density at radius 1 is 0.623 bits per heavy atom. The number of carbonyl (C=O) groups excluding carboxylic acids is 2. The number of hydrogen-bond donors (Lipinski definition) is 1. The minimum Gasteiger partial charge on any atom is -0.493 e. The summed E-state index contributed by atoms with van der Waals surface area (Å²) < 4.78 is 77.2. The number of esters is 2. The summed E-state index contributed by atoms with van der Waals surface area (Å²) in [6.07, 6.45) is 0.266.